The molecule has 0 unspecified atom stereocenters. The SMILES string of the molecule is [N-]=[N+]=NCc1cc(=O)c(OCc2ccccc2)c(C(=O)O)o1. The van der Waals surface area contributed by atoms with Crippen LogP contribution in [0.15, 0.2) is 50.7 Å². The summed E-state index contributed by atoms with van der Waals surface area (Å²) >= 11 is 0. The number of ether oxygens (including phenoxy) is 1. The molecule has 1 N–H and O–H groups in total. The van der Waals surface area contributed by atoms with E-state index in [1.165, 1.54) is 0 Å². The third-order valence-electron chi connectivity index (χ3n) is 2.67. The smallest absolute Gasteiger partial charge is 0.375 e. The van der Waals surface area contributed by atoms with E-state index in [0.29, 0.717) is 0 Å². The average molecular weight is 301 g/mol. The number of carbonyl (C=O) groups is 1. The summed E-state index contributed by atoms with van der Waals surface area (Å²) in [5, 5.41) is 12.3. The molecule has 0 spiro atoms. The summed E-state index contributed by atoms with van der Waals surface area (Å²) in [6, 6.07) is 10.0. The molecule has 0 aliphatic carbocycles. The first-order chi connectivity index (χ1) is 10.6. The normalized spacial score (nSPS) is 9.82. The first-order valence-corrected chi connectivity index (χ1v) is 6.19. The second-order valence-corrected chi connectivity index (χ2v) is 4.20. The summed E-state index contributed by atoms with van der Waals surface area (Å²) in [7, 11) is 0. The van der Waals surface area contributed by atoms with Crippen LogP contribution in [0.25, 0.3) is 10.4 Å². The summed E-state index contributed by atoms with van der Waals surface area (Å²) < 4.78 is 10.3. The van der Waals surface area contributed by atoms with Crippen LogP contribution in [-0.2, 0) is 13.2 Å². The number of aromatic carboxylic acids is 1. The van der Waals surface area contributed by atoms with Crippen LogP contribution in [0, 0.1) is 0 Å². The van der Waals surface area contributed by atoms with Gasteiger partial charge in [-0.3, -0.25) is 4.79 Å². The van der Waals surface area contributed by atoms with Gasteiger partial charge in [-0.25, -0.2) is 4.79 Å². The summed E-state index contributed by atoms with van der Waals surface area (Å²) in [5.41, 5.74) is 8.36. The molecule has 8 nitrogen and oxygen atoms in total. The summed E-state index contributed by atoms with van der Waals surface area (Å²) in [5.74, 6) is -2.50. The van der Waals surface area contributed by atoms with Crippen LogP contribution >= 0.6 is 0 Å². The van der Waals surface area contributed by atoms with Gasteiger partial charge in [0.2, 0.25) is 11.2 Å². The lowest BCUT2D eigenvalue weighted by Gasteiger charge is -2.08. The minimum absolute atomic E-state index is 0.0293. The topological polar surface area (TPSA) is 126 Å². The van der Waals surface area contributed by atoms with E-state index in [1.54, 1.807) is 24.3 Å². The Hall–Kier alpha value is -3.25. The van der Waals surface area contributed by atoms with Gasteiger partial charge in [-0.1, -0.05) is 35.4 Å². The number of azide groups is 1. The van der Waals surface area contributed by atoms with Gasteiger partial charge in [0, 0.05) is 11.0 Å². The lowest BCUT2D eigenvalue weighted by molar-refractivity contribution is 0.0647. The maximum atomic E-state index is 12.0. The maximum absolute atomic E-state index is 12.0. The Morgan fingerprint density at radius 2 is 2.09 bits per heavy atom. The fourth-order valence-electron chi connectivity index (χ4n) is 1.72. The van der Waals surface area contributed by atoms with Gasteiger partial charge in [0.25, 0.3) is 5.76 Å². The monoisotopic (exact) mass is 301 g/mol. The number of hydrogen-bond acceptors (Lipinski definition) is 5. The van der Waals surface area contributed by atoms with Crippen LogP contribution in [0.2, 0.25) is 0 Å². The highest BCUT2D eigenvalue weighted by Crippen LogP contribution is 2.17. The third kappa shape index (κ3) is 3.65. The van der Waals surface area contributed by atoms with Gasteiger partial charge in [0.05, 0.1) is 6.54 Å². The van der Waals surface area contributed by atoms with E-state index >= 15 is 0 Å². The van der Waals surface area contributed by atoms with Crippen LogP contribution in [0.1, 0.15) is 21.9 Å². The standard InChI is InChI=1S/C14H11N3O5/c15-17-16-7-10-6-11(18)12(13(22-10)14(19)20)21-8-9-4-2-1-3-5-9/h1-6H,7-8H2,(H,19,20). The van der Waals surface area contributed by atoms with Crippen molar-refractivity contribution in [3.8, 4) is 5.75 Å². The highest BCUT2D eigenvalue weighted by Gasteiger charge is 2.20. The van der Waals surface area contributed by atoms with Gasteiger partial charge in [0.1, 0.15) is 12.4 Å². The second-order valence-electron chi connectivity index (χ2n) is 4.20. The molecule has 0 radical (unpaired) electrons. The Kier molecular flexibility index (Phi) is 4.79. The van der Waals surface area contributed by atoms with E-state index in [2.05, 4.69) is 10.0 Å². The summed E-state index contributed by atoms with van der Waals surface area (Å²) in [6.07, 6.45) is 0. The van der Waals surface area contributed by atoms with Crippen molar-refractivity contribution in [2.45, 2.75) is 13.2 Å². The predicted octanol–water partition coefficient (Wildman–Crippen LogP) is 2.73. The van der Waals surface area contributed by atoms with Crippen molar-refractivity contribution < 1.29 is 19.1 Å². The molecule has 1 heterocycles. The highest BCUT2D eigenvalue weighted by molar-refractivity contribution is 5.87. The highest BCUT2D eigenvalue weighted by atomic mass is 16.5. The van der Waals surface area contributed by atoms with Crippen molar-refractivity contribution in [1.29, 1.82) is 0 Å². The molecular weight excluding hydrogens is 290 g/mol. The molecule has 0 bridgehead atoms. The number of carboxylic acid groups (broad SMARTS) is 1. The molecule has 0 fully saturated rings. The van der Waals surface area contributed by atoms with Crippen molar-refractivity contribution >= 4 is 5.97 Å². The van der Waals surface area contributed by atoms with Crippen LogP contribution in [-0.4, -0.2) is 11.1 Å². The molecule has 8 heteroatoms. The van der Waals surface area contributed by atoms with Crippen molar-refractivity contribution in [1.82, 2.24) is 0 Å². The molecular formula is C14H11N3O5. The fraction of sp³-hybridized carbons (Fsp3) is 0.143. The van der Waals surface area contributed by atoms with Gasteiger partial charge in [-0.2, -0.15) is 0 Å². The molecule has 0 aliphatic heterocycles. The summed E-state index contributed by atoms with van der Waals surface area (Å²) in [4.78, 5) is 25.7. The van der Waals surface area contributed by atoms with E-state index in [9.17, 15) is 9.59 Å². The molecule has 1 aromatic heterocycles. The van der Waals surface area contributed by atoms with Crippen LogP contribution in [0.5, 0.6) is 5.75 Å². The lowest BCUT2D eigenvalue weighted by atomic mass is 10.2. The predicted molar refractivity (Wildman–Crippen MR) is 75.6 cm³/mol. The summed E-state index contributed by atoms with van der Waals surface area (Å²) in [6.45, 7) is -0.230. The van der Waals surface area contributed by atoms with Crippen molar-refractivity contribution in [2.75, 3.05) is 0 Å². The molecule has 2 rings (SSSR count). The van der Waals surface area contributed by atoms with Gasteiger partial charge in [-0.05, 0) is 11.1 Å². The molecule has 0 amide bonds. The molecule has 22 heavy (non-hydrogen) atoms. The minimum atomic E-state index is -1.44. The Balaban J connectivity index is 2.31. The van der Waals surface area contributed by atoms with Gasteiger partial charge >= 0.3 is 5.97 Å². The molecule has 0 saturated heterocycles. The number of carboxylic acids is 1. The van der Waals surface area contributed by atoms with Crippen LogP contribution in [0.4, 0.5) is 0 Å². The minimum Gasteiger partial charge on any atom is -0.481 e. The quantitative estimate of drug-likeness (QED) is 0.498. The Morgan fingerprint density at radius 3 is 2.73 bits per heavy atom. The molecule has 0 atom stereocenters. The first kappa shape index (κ1) is 15.1. The van der Waals surface area contributed by atoms with E-state index in [4.69, 9.17) is 19.8 Å². The molecule has 2 aromatic rings. The molecule has 112 valence electrons. The van der Waals surface area contributed by atoms with E-state index in [0.717, 1.165) is 11.6 Å². The van der Waals surface area contributed by atoms with Crippen LogP contribution < -0.4 is 10.2 Å². The largest absolute Gasteiger partial charge is 0.481 e. The van der Waals surface area contributed by atoms with Crippen molar-refractivity contribution in [3.05, 3.63) is 74.1 Å². The molecule has 1 aromatic carbocycles. The van der Waals surface area contributed by atoms with E-state index < -0.39 is 17.2 Å². The number of benzene rings is 1. The first-order valence-electron chi connectivity index (χ1n) is 6.19. The van der Waals surface area contributed by atoms with Crippen molar-refractivity contribution in [2.24, 2.45) is 5.11 Å². The Labute approximate surface area is 124 Å². The number of nitrogens with zero attached hydrogens (tertiary/aromatic N) is 3. The van der Waals surface area contributed by atoms with E-state index in [1.807, 2.05) is 6.07 Å². The zero-order valence-electron chi connectivity index (χ0n) is 11.3. The second kappa shape index (κ2) is 6.96. The number of rotatable bonds is 6. The van der Waals surface area contributed by atoms with Crippen LogP contribution in [0.3, 0.4) is 0 Å². The molecule has 0 saturated carbocycles. The molecule has 0 aliphatic rings. The maximum Gasteiger partial charge on any atom is 0.375 e. The Bertz CT molecular complexity index is 779. The zero-order valence-corrected chi connectivity index (χ0v) is 11.3. The van der Waals surface area contributed by atoms with Gasteiger partial charge in [0.15, 0.2) is 0 Å². The van der Waals surface area contributed by atoms with Gasteiger partial charge in [-0.15, -0.1) is 0 Å². The lowest BCUT2D eigenvalue weighted by Crippen LogP contribution is -2.14. The zero-order chi connectivity index (χ0) is 15.9. The number of hydrogen-bond donors (Lipinski definition) is 1. The van der Waals surface area contributed by atoms with E-state index in [-0.39, 0.29) is 24.7 Å². The fourth-order valence-corrected chi connectivity index (χ4v) is 1.72. The average Bonchev–Trinajstić information content (AvgIpc) is 2.52. The van der Waals surface area contributed by atoms with Gasteiger partial charge < -0.3 is 14.3 Å². The Morgan fingerprint density at radius 1 is 1.36 bits per heavy atom. The van der Waals surface area contributed by atoms with Crippen molar-refractivity contribution in [3.63, 3.8) is 0 Å². The third-order valence-corrected chi connectivity index (χ3v) is 2.67.